The van der Waals surface area contributed by atoms with E-state index >= 15 is 0 Å². The molecule has 3 heterocycles. The molecule has 0 amide bonds. The van der Waals surface area contributed by atoms with Crippen molar-refractivity contribution in [1.29, 1.82) is 0 Å². The van der Waals surface area contributed by atoms with E-state index in [1.807, 2.05) is 0 Å². The zero-order valence-electron chi connectivity index (χ0n) is 22.9. The van der Waals surface area contributed by atoms with Crippen molar-refractivity contribution in [3.05, 3.63) is 52.8 Å². The first-order valence-electron chi connectivity index (χ1n) is 13.2. The Morgan fingerprint density at radius 1 is 1.17 bits per heavy atom. The third kappa shape index (κ3) is 5.42. The number of fused-ring (bicyclic) bond motifs is 1. The highest BCUT2D eigenvalue weighted by molar-refractivity contribution is 7.72. The molecular formula is C25H33N5O10P2. The summed E-state index contributed by atoms with van der Waals surface area (Å²) >= 11 is 0. The van der Waals surface area contributed by atoms with Crippen LogP contribution in [-0.2, 0) is 20.4 Å². The number of hydrogen-bond donors (Lipinski definition) is 5. The SMILES string of the molecule is COc1c(N2C[C@@H](C)C[C@H](N)C2)ccc2c(=O)c(C(=O)OC(Cn3ccnc3)(P(=O)(O)O)P(=O)(O)O)cn(C3CC3)c12. The predicted octanol–water partition coefficient (Wildman–Crippen LogP) is 1.58. The number of nitrogens with zero attached hydrogens (tertiary/aromatic N) is 4. The average molecular weight is 626 g/mol. The first kappa shape index (κ1) is 30.4. The highest BCUT2D eigenvalue weighted by Gasteiger charge is 2.64. The fourth-order valence-corrected chi connectivity index (χ4v) is 8.02. The summed E-state index contributed by atoms with van der Waals surface area (Å²) in [5.74, 6) is -0.873. The van der Waals surface area contributed by atoms with Gasteiger partial charge in [-0.25, -0.2) is 9.78 Å². The van der Waals surface area contributed by atoms with Crippen LogP contribution in [0.2, 0.25) is 0 Å². The number of nitrogens with two attached hydrogens (primary N) is 1. The number of carbonyl (C=O) groups excluding carboxylic acids is 1. The van der Waals surface area contributed by atoms with E-state index in [1.165, 1.54) is 31.8 Å². The topological polar surface area (TPSA) is 220 Å². The number of piperidine rings is 1. The molecule has 2 aliphatic rings. The first-order chi connectivity index (χ1) is 19.7. The lowest BCUT2D eigenvalue weighted by molar-refractivity contribution is 0.0191. The second kappa shape index (κ2) is 10.9. The van der Waals surface area contributed by atoms with Crippen LogP contribution in [0, 0.1) is 5.92 Å². The highest BCUT2D eigenvalue weighted by Crippen LogP contribution is 2.70. The summed E-state index contributed by atoms with van der Waals surface area (Å²) < 4.78 is 38.6. The van der Waals surface area contributed by atoms with Crippen molar-refractivity contribution in [3.8, 4) is 5.75 Å². The summed E-state index contributed by atoms with van der Waals surface area (Å²) in [6.07, 6.45) is 6.96. The van der Waals surface area contributed by atoms with E-state index in [9.17, 15) is 38.3 Å². The first-order valence-corrected chi connectivity index (χ1v) is 16.5. The summed E-state index contributed by atoms with van der Waals surface area (Å²) in [5.41, 5.74) is 5.91. The van der Waals surface area contributed by atoms with Gasteiger partial charge in [-0.05, 0) is 37.3 Å². The zero-order chi connectivity index (χ0) is 30.6. The van der Waals surface area contributed by atoms with Gasteiger partial charge in [-0.1, -0.05) is 6.92 Å². The molecule has 228 valence electrons. The predicted molar refractivity (Wildman–Crippen MR) is 151 cm³/mol. The lowest BCUT2D eigenvalue weighted by Gasteiger charge is -2.37. The third-order valence-corrected chi connectivity index (χ3v) is 11.5. The van der Waals surface area contributed by atoms with Crippen molar-refractivity contribution in [3.63, 3.8) is 0 Å². The number of benzene rings is 1. The molecule has 2 atom stereocenters. The van der Waals surface area contributed by atoms with Gasteiger partial charge in [0, 0.05) is 43.8 Å². The normalized spacial score (nSPS) is 20.1. The van der Waals surface area contributed by atoms with Gasteiger partial charge in [0.1, 0.15) is 5.56 Å². The Balaban J connectivity index is 1.65. The molecule has 0 bridgehead atoms. The van der Waals surface area contributed by atoms with Crippen LogP contribution in [0.5, 0.6) is 5.75 Å². The fourth-order valence-electron chi connectivity index (χ4n) is 5.57. The maximum Gasteiger partial charge on any atom is 0.383 e. The van der Waals surface area contributed by atoms with Crippen LogP contribution < -0.4 is 20.8 Å². The molecule has 6 N–H and O–H groups in total. The molecule has 1 saturated carbocycles. The molecule has 15 nitrogen and oxygen atoms in total. The Morgan fingerprint density at radius 2 is 1.86 bits per heavy atom. The van der Waals surface area contributed by atoms with Gasteiger partial charge in [0.05, 0.1) is 36.6 Å². The molecule has 42 heavy (non-hydrogen) atoms. The molecule has 2 aromatic heterocycles. The van der Waals surface area contributed by atoms with Crippen LogP contribution in [0.3, 0.4) is 0 Å². The summed E-state index contributed by atoms with van der Waals surface area (Å²) in [7, 11) is -10.3. The van der Waals surface area contributed by atoms with Crippen molar-refractivity contribution in [2.24, 2.45) is 11.7 Å². The molecule has 1 saturated heterocycles. The fraction of sp³-hybridized carbons (Fsp3) is 0.480. The van der Waals surface area contributed by atoms with Gasteiger partial charge in [-0.3, -0.25) is 13.9 Å². The number of hydrogen-bond acceptors (Lipinski definition) is 9. The van der Waals surface area contributed by atoms with Crippen molar-refractivity contribution in [2.75, 3.05) is 25.1 Å². The van der Waals surface area contributed by atoms with Gasteiger partial charge in [0.2, 0.25) is 5.43 Å². The van der Waals surface area contributed by atoms with Gasteiger partial charge < -0.3 is 48.8 Å². The largest absolute Gasteiger partial charge is 0.492 e. The third-order valence-electron chi connectivity index (χ3n) is 7.64. The van der Waals surface area contributed by atoms with Crippen molar-refractivity contribution >= 4 is 37.8 Å². The molecule has 0 unspecified atom stereocenters. The lowest BCUT2D eigenvalue weighted by Crippen LogP contribution is -2.46. The molecular weight excluding hydrogens is 592 g/mol. The number of imidazole rings is 1. The van der Waals surface area contributed by atoms with Crippen molar-refractivity contribution in [1.82, 2.24) is 14.1 Å². The molecule has 1 aromatic carbocycles. The Bertz CT molecular complexity index is 1630. The second-order valence-electron chi connectivity index (χ2n) is 11.0. The van der Waals surface area contributed by atoms with E-state index < -0.39 is 43.8 Å². The van der Waals surface area contributed by atoms with E-state index in [1.54, 1.807) is 10.6 Å². The van der Waals surface area contributed by atoms with Crippen LogP contribution in [0.1, 0.15) is 42.6 Å². The van der Waals surface area contributed by atoms with Crippen LogP contribution >= 0.6 is 15.2 Å². The number of ether oxygens (including phenoxy) is 2. The van der Waals surface area contributed by atoms with Gasteiger partial charge in [-0.15, -0.1) is 0 Å². The second-order valence-corrected chi connectivity index (χ2v) is 15.0. The number of pyridine rings is 1. The number of methoxy groups -OCH3 is 1. The number of esters is 1. The van der Waals surface area contributed by atoms with E-state index in [0.717, 1.165) is 42.4 Å². The van der Waals surface area contributed by atoms with Crippen molar-refractivity contribution < 1.29 is 43.0 Å². The Morgan fingerprint density at radius 3 is 2.40 bits per heavy atom. The van der Waals surface area contributed by atoms with Crippen molar-refractivity contribution in [2.45, 2.75) is 49.9 Å². The van der Waals surface area contributed by atoms with E-state index in [2.05, 4.69) is 16.8 Å². The Kier molecular flexibility index (Phi) is 7.90. The molecule has 3 aromatic rings. The smallest absolute Gasteiger partial charge is 0.383 e. The molecule has 2 fully saturated rings. The minimum absolute atomic E-state index is 0.0532. The summed E-state index contributed by atoms with van der Waals surface area (Å²) in [6.45, 7) is 2.27. The number of carbonyl (C=O) groups is 1. The van der Waals surface area contributed by atoms with E-state index in [-0.39, 0.29) is 17.5 Å². The van der Waals surface area contributed by atoms with Crippen LogP contribution in [0.4, 0.5) is 5.69 Å². The van der Waals surface area contributed by atoms with Crippen LogP contribution in [0.15, 0.2) is 41.8 Å². The molecule has 5 rings (SSSR count). The quantitative estimate of drug-likeness (QED) is 0.169. The van der Waals surface area contributed by atoms with Gasteiger partial charge in [0.25, 0.3) is 0 Å². The number of anilines is 1. The van der Waals surface area contributed by atoms with Crippen LogP contribution in [-0.4, -0.2) is 71.0 Å². The minimum atomic E-state index is -5.87. The van der Waals surface area contributed by atoms with Crippen LogP contribution in [0.25, 0.3) is 10.9 Å². The van der Waals surface area contributed by atoms with Gasteiger partial charge >= 0.3 is 26.2 Å². The standard InChI is InChI=1S/C25H33N5O10P2/c1-15-9-16(26)11-29(10-15)20-6-5-18-21(23(20)39-2)30(17-3-4-17)12-19(22(18)31)24(32)40-25(41(33,34)35,42(36,37)38)13-28-8-7-27-14-28/h5-8,12,14-17H,3-4,9-11,13,26H2,1-2H3,(H2,33,34,35)(H2,36,37,38)/t15-,16-/m0/s1. The summed E-state index contributed by atoms with van der Waals surface area (Å²) in [5, 5.41) is -3.55. The highest BCUT2D eigenvalue weighted by atomic mass is 31.2. The van der Waals surface area contributed by atoms with E-state index in [4.69, 9.17) is 15.2 Å². The Hall–Kier alpha value is -3.03. The van der Waals surface area contributed by atoms with Gasteiger partial charge in [-0.2, -0.15) is 0 Å². The molecule has 0 radical (unpaired) electrons. The summed E-state index contributed by atoms with van der Waals surface area (Å²) in [4.78, 5) is 73.4. The number of aromatic nitrogens is 3. The van der Waals surface area contributed by atoms with E-state index in [0.29, 0.717) is 23.7 Å². The summed E-state index contributed by atoms with van der Waals surface area (Å²) in [6, 6.07) is 3.04. The zero-order valence-corrected chi connectivity index (χ0v) is 24.7. The molecule has 1 aliphatic carbocycles. The minimum Gasteiger partial charge on any atom is -0.492 e. The lowest BCUT2D eigenvalue weighted by atomic mass is 9.95. The number of rotatable bonds is 9. The maximum absolute atomic E-state index is 13.7. The Labute approximate surface area is 240 Å². The molecule has 0 spiro atoms. The molecule has 17 heteroatoms. The maximum atomic E-state index is 13.7. The molecule has 1 aliphatic heterocycles. The van der Waals surface area contributed by atoms with Gasteiger partial charge in [0.15, 0.2) is 5.75 Å². The average Bonchev–Trinajstić information content (AvgIpc) is 3.61. The monoisotopic (exact) mass is 625 g/mol.